The number of rotatable bonds is 3. The van der Waals surface area contributed by atoms with Crippen molar-refractivity contribution in [3.63, 3.8) is 0 Å². The molecule has 3 aliphatic heterocycles. The standard InChI is InChI=1S/C21H28N4O3/c26-18(24-11-7-21(8-12-24)6-3-13-27-21)14-16-4-2-10-25(15-16)20-23-19-17(28-20)5-1-9-22-19/h1,5,9,16H,2-4,6-8,10-15H2. The summed E-state index contributed by atoms with van der Waals surface area (Å²) in [6.45, 7) is 4.30. The fourth-order valence-electron chi connectivity index (χ4n) is 4.99. The van der Waals surface area contributed by atoms with Crippen LogP contribution in [-0.2, 0) is 9.53 Å². The molecule has 7 nitrogen and oxygen atoms in total. The van der Waals surface area contributed by atoms with Crippen molar-refractivity contribution >= 4 is 23.2 Å². The maximum absolute atomic E-state index is 12.9. The van der Waals surface area contributed by atoms with E-state index >= 15 is 0 Å². The van der Waals surface area contributed by atoms with Crippen molar-refractivity contribution < 1.29 is 13.9 Å². The third-order valence-electron chi connectivity index (χ3n) is 6.62. The van der Waals surface area contributed by atoms with Crippen LogP contribution < -0.4 is 4.90 Å². The number of anilines is 1. The van der Waals surface area contributed by atoms with Gasteiger partial charge in [-0.1, -0.05) is 0 Å². The summed E-state index contributed by atoms with van der Waals surface area (Å²) < 4.78 is 11.9. The van der Waals surface area contributed by atoms with Gasteiger partial charge in [-0.25, -0.2) is 4.98 Å². The summed E-state index contributed by atoms with van der Waals surface area (Å²) >= 11 is 0. The monoisotopic (exact) mass is 384 g/mol. The van der Waals surface area contributed by atoms with Crippen LogP contribution in [0, 0.1) is 5.92 Å². The maximum atomic E-state index is 12.9. The average molecular weight is 384 g/mol. The second-order valence-electron chi connectivity index (χ2n) is 8.50. The molecule has 1 unspecified atom stereocenters. The molecule has 2 aromatic heterocycles. The first-order chi connectivity index (χ1) is 13.7. The van der Waals surface area contributed by atoms with Gasteiger partial charge in [-0.15, -0.1) is 0 Å². The van der Waals surface area contributed by atoms with E-state index in [1.54, 1.807) is 6.20 Å². The maximum Gasteiger partial charge on any atom is 0.299 e. The molecule has 3 saturated heterocycles. The van der Waals surface area contributed by atoms with E-state index in [4.69, 9.17) is 9.15 Å². The van der Waals surface area contributed by atoms with E-state index in [9.17, 15) is 4.79 Å². The summed E-state index contributed by atoms with van der Waals surface area (Å²) in [5.74, 6) is 0.641. The van der Waals surface area contributed by atoms with Crippen LogP contribution in [0.25, 0.3) is 11.2 Å². The number of oxazole rings is 1. The van der Waals surface area contributed by atoms with E-state index < -0.39 is 0 Å². The van der Waals surface area contributed by atoms with Crippen LogP contribution in [0.4, 0.5) is 6.01 Å². The second kappa shape index (κ2) is 7.35. The van der Waals surface area contributed by atoms with Gasteiger partial charge in [-0.3, -0.25) is 4.79 Å². The zero-order valence-corrected chi connectivity index (χ0v) is 16.3. The second-order valence-corrected chi connectivity index (χ2v) is 8.50. The SMILES string of the molecule is O=C(CC1CCCN(c2nc3ncccc3o2)C1)N1CCC2(CCCO2)CC1. The van der Waals surface area contributed by atoms with Crippen molar-refractivity contribution in [2.24, 2.45) is 5.92 Å². The zero-order valence-electron chi connectivity index (χ0n) is 16.3. The number of fused-ring (bicyclic) bond motifs is 1. The molecule has 1 amide bonds. The van der Waals surface area contributed by atoms with Gasteiger partial charge in [-0.05, 0) is 56.6 Å². The highest BCUT2D eigenvalue weighted by atomic mass is 16.5. The van der Waals surface area contributed by atoms with E-state index in [1.807, 2.05) is 12.1 Å². The molecule has 5 rings (SSSR count). The third kappa shape index (κ3) is 3.48. The highest BCUT2D eigenvalue weighted by molar-refractivity contribution is 5.76. The van der Waals surface area contributed by atoms with Gasteiger partial charge < -0.3 is 19.0 Å². The lowest BCUT2D eigenvalue weighted by Gasteiger charge is -2.39. The van der Waals surface area contributed by atoms with Crippen LogP contribution in [0.5, 0.6) is 0 Å². The van der Waals surface area contributed by atoms with E-state index in [-0.39, 0.29) is 5.60 Å². The molecule has 28 heavy (non-hydrogen) atoms. The Balaban J connectivity index is 1.18. The van der Waals surface area contributed by atoms with Gasteiger partial charge in [0.25, 0.3) is 6.01 Å². The Morgan fingerprint density at radius 1 is 1.21 bits per heavy atom. The van der Waals surface area contributed by atoms with Crippen molar-refractivity contribution in [2.45, 2.75) is 50.5 Å². The Labute approximate surface area is 165 Å². The number of hydrogen-bond acceptors (Lipinski definition) is 6. The topological polar surface area (TPSA) is 71.7 Å². The Kier molecular flexibility index (Phi) is 4.70. The summed E-state index contributed by atoms with van der Waals surface area (Å²) in [6, 6.07) is 4.37. The zero-order chi connectivity index (χ0) is 19.0. The van der Waals surface area contributed by atoms with E-state index in [1.165, 1.54) is 0 Å². The third-order valence-corrected chi connectivity index (χ3v) is 6.62. The lowest BCUT2D eigenvalue weighted by atomic mass is 9.88. The minimum absolute atomic E-state index is 0.0689. The van der Waals surface area contributed by atoms with Crippen LogP contribution in [0.3, 0.4) is 0 Å². The Bertz CT molecular complexity index is 802. The number of likely N-dealkylation sites (tertiary alicyclic amines) is 1. The van der Waals surface area contributed by atoms with Crippen LogP contribution >= 0.6 is 0 Å². The molecule has 0 saturated carbocycles. The number of piperidine rings is 2. The molecule has 0 bridgehead atoms. The molecule has 1 spiro atoms. The quantitative estimate of drug-likeness (QED) is 0.810. The number of carbonyl (C=O) groups excluding carboxylic acids is 1. The van der Waals surface area contributed by atoms with Gasteiger partial charge in [0.2, 0.25) is 11.6 Å². The molecule has 0 N–H and O–H groups in total. The summed E-state index contributed by atoms with van der Waals surface area (Å²) in [6.07, 6.45) is 8.79. The van der Waals surface area contributed by atoms with Crippen molar-refractivity contribution in [3.8, 4) is 0 Å². The molecule has 0 radical (unpaired) electrons. The van der Waals surface area contributed by atoms with E-state index in [0.29, 0.717) is 35.5 Å². The number of hydrogen-bond donors (Lipinski definition) is 0. The van der Waals surface area contributed by atoms with Crippen molar-refractivity contribution in [1.82, 2.24) is 14.9 Å². The molecular formula is C21H28N4O3. The summed E-state index contributed by atoms with van der Waals surface area (Å²) in [7, 11) is 0. The Morgan fingerprint density at radius 3 is 2.89 bits per heavy atom. The number of aromatic nitrogens is 2. The fraction of sp³-hybridized carbons (Fsp3) is 0.667. The minimum Gasteiger partial charge on any atom is -0.422 e. The number of amides is 1. The van der Waals surface area contributed by atoms with Gasteiger partial charge in [0, 0.05) is 45.4 Å². The molecule has 0 aromatic carbocycles. The van der Waals surface area contributed by atoms with E-state index in [0.717, 1.165) is 71.3 Å². The van der Waals surface area contributed by atoms with Crippen molar-refractivity contribution in [1.29, 1.82) is 0 Å². The van der Waals surface area contributed by atoms with Crippen LogP contribution in [0.15, 0.2) is 22.7 Å². The first kappa shape index (κ1) is 17.9. The van der Waals surface area contributed by atoms with Gasteiger partial charge in [-0.2, -0.15) is 4.98 Å². The van der Waals surface area contributed by atoms with Crippen LogP contribution in [0.2, 0.25) is 0 Å². The average Bonchev–Trinajstić information content (AvgIpc) is 3.36. The molecule has 3 aliphatic rings. The molecule has 5 heterocycles. The molecule has 7 heteroatoms. The lowest BCUT2D eigenvalue weighted by Crippen LogP contribution is -2.47. The Morgan fingerprint density at radius 2 is 2.11 bits per heavy atom. The Hall–Kier alpha value is -2.15. The lowest BCUT2D eigenvalue weighted by molar-refractivity contribution is -0.137. The molecular weight excluding hydrogens is 356 g/mol. The fourth-order valence-corrected chi connectivity index (χ4v) is 4.99. The summed E-state index contributed by atoms with van der Waals surface area (Å²) in [5, 5.41) is 0. The van der Waals surface area contributed by atoms with Gasteiger partial charge in [0.1, 0.15) is 0 Å². The molecule has 150 valence electrons. The highest BCUT2D eigenvalue weighted by Gasteiger charge is 2.39. The van der Waals surface area contributed by atoms with Crippen LogP contribution in [-0.4, -0.2) is 59.2 Å². The highest BCUT2D eigenvalue weighted by Crippen LogP contribution is 2.36. The molecule has 0 aliphatic carbocycles. The van der Waals surface area contributed by atoms with Gasteiger partial charge >= 0.3 is 0 Å². The number of nitrogens with zero attached hydrogens (tertiary/aromatic N) is 4. The summed E-state index contributed by atoms with van der Waals surface area (Å²) in [5.41, 5.74) is 1.43. The van der Waals surface area contributed by atoms with Crippen molar-refractivity contribution in [2.75, 3.05) is 37.7 Å². The predicted molar refractivity (Wildman–Crippen MR) is 105 cm³/mol. The summed E-state index contributed by atoms with van der Waals surface area (Å²) in [4.78, 5) is 25.9. The molecule has 2 aromatic rings. The van der Waals surface area contributed by atoms with Crippen LogP contribution in [0.1, 0.15) is 44.9 Å². The minimum atomic E-state index is 0.0689. The predicted octanol–water partition coefficient (Wildman–Crippen LogP) is 3.00. The molecule has 3 fully saturated rings. The first-order valence-electron chi connectivity index (χ1n) is 10.6. The number of carbonyl (C=O) groups is 1. The number of ether oxygens (including phenoxy) is 1. The first-order valence-corrected chi connectivity index (χ1v) is 10.6. The molecule has 1 atom stereocenters. The normalized spacial score (nSPS) is 24.9. The van der Waals surface area contributed by atoms with Gasteiger partial charge in [0.05, 0.1) is 5.60 Å². The van der Waals surface area contributed by atoms with Gasteiger partial charge in [0.15, 0.2) is 5.58 Å². The van der Waals surface area contributed by atoms with Crippen molar-refractivity contribution in [3.05, 3.63) is 18.3 Å². The smallest absolute Gasteiger partial charge is 0.299 e. The number of pyridine rings is 1. The largest absolute Gasteiger partial charge is 0.422 e. The van der Waals surface area contributed by atoms with E-state index in [2.05, 4.69) is 19.8 Å².